The molecule has 0 aliphatic carbocycles. The number of rotatable bonds is 18. The maximum absolute atomic E-state index is 14.0. The van der Waals surface area contributed by atoms with Gasteiger partial charge in [0.2, 0.25) is 0 Å². The molecule has 0 N–H and O–H groups in total. The lowest BCUT2D eigenvalue weighted by Crippen LogP contribution is -2.74. The number of carbonyl (C=O) groups is 1. The second kappa shape index (κ2) is 15.7. The van der Waals surface area contributed by atoms with Crippen molar-refractivity contribution >= 4 is 33.3 Å². The largest absolute Gasteiger partial charge is 0.494 e. The van der Waals surface area contributed by atoms with E-state index in [1.165, 1.54) is 0 Å². The van der Waals surface area contributed by atoms with Crippen LogP contribution in [0.25, 0.3) is 0 Å². The standard InChI is InChI=1S/C28H22BrF17N2O3/c29-13-2-1-3-14-50-19-10-8-18(9-11-19)48-47-17-6-4-16(5-7-17)20(49)51-15-12-21(30,31)22(32,33)23(34,35)24(36,37)25(38,39)26(40,41)27(42,43)28(44,45)46/h4-11H,1-3,12-15H2. The monoisotopic (exact) mass is 836 g/mol. The van der Waals surface area contributed by atoms with Crippen LogP contribution in [0.2, 0.25) is 0 Å². The number of ether oxygens (including phenoxy) is 2. The molecule has 2 aromatic rings. The van der Waals surface area contributed by atoms with E-state index in [1.807, 2.05) is 0 Å². The molecule has 288 valence electrons. The first-order valence-corrected chi connectivity index (χ1v) is 14.9. The van der Waals surface area contributed by atoms with Gasteiger partial charge in [0.15, 0.2) is 0 Å². The molecule has 0 aromatic heterocycles. The van der Waals surface area contributed by atoms with Crippen molar-refractivity contribution in [3.8, 4) is 5.75 Å². The number of azo groups is 1. The molecule has 0 aliphatic heterocycles. The molecular formula is C28H22BrF17N2O3. The van der Waals surface area contributed by atoms with Crippen LogP contribution in [-0.4, -0.2) is 72.1 Å². The van der Waals surface area contributed by atoms with Gasteiger partial charge < -0.3 is 9.47 Å². The number of halogens is 18. The molecule has 0 saturated heterocycles. The highest BCUT2D eigenvalue weighted by Crippen LogP contribution is 2.64. The fraction of sp³-hybridized carbons (Fsp3) is 0.536. The summed E-state index contributed by atoms with van der Waals surface area (Å²) < 4.78 is 237. The lowest BCUT2D eigenvalue weighted by molar-refractivity contribution is -0.461. The summed E-state index contributed by atoms with van der Waals surface area (Å²) in [4.78, 5) is 12.1. The molecule has 0 spiro atoms. The summed E-state index contributed by atoms with van der Waals surface area (Å²) in [7, 11) is 0. The van der Waals surface area contributed by atoms with E-state index in [4.69, 9.17) is 4.74 Å². The van der Waals surface area contributed by atoms with E-state index in [-0.39, 0.29) is 5.69 Å². The summed E-state index contributed by atoms with van der Waals surface area (Å²) >= 11 is 3.31. The number of nitrogens with zero attached hydrogens (tertiary/aromatic N) is 2. The smallest absolute Gasteiger partial charge is 0.460 e. The van der Waals surface area contributed by atoms with Crippen molar-refractivity contribution in [2.24, 2.45) is 10.2 Å². The van der Waals surface area contributed by atoms with Crippen molar-refractivity contribution in [1.29, 1.82) is 0 Å². The molecule has 0 radical (unpaired) electrons. The van der Waals surface area contributed by atoms with Crippen LogP contribution in [0.3, 0.4) is 0 Å². The van der Waals surface area contributed by atoms with E-state index in [1.54, 1.807) is 24.3 Å². The van der Waals surface area contributed by atoms with E-state index >= 15 is 0 Å². The number of hydrogen-bond acceptors (Lipinski definition) is 5. The zero-order valence-corrected chi connectivity index (χ0v) is 26.6. The SMILES string of the molecule is O=C(OCCC(F)(F)C(F)(F)C(F)(F)C(F)(F)C(F)(F)C(F)(F)C(F)(F)C(F)(F)F)c1ccc(N=Nc2ccc(OCCCCCBr)cc2)cc1. The van der Waals surface area contributed by atoms with Crippen molar-refractivity contribution in [3.05, 3.63) is 54.1 Å². The quantitative estimate of drug-likeness (QED) is 0.0494. The molecule has 0 unspecified atom stereocenters. The minimum atomic E-state index is -8.72. The van der Waals surface area contributed by atoms with Gasteiger partial charge in [-0.1, -0.05) is 15.9 Å². The average Bonchev–Trinajstić information content (AvgIpc) is 3.03. The molecule has 5 nitrogen and oxygen atoms in total. The maximum atomic E-state index is 14.0. The van der Waals surface area contributed by atoms with Crippen molar-refractivity contribution in [2.75, 3.05) is 18.5 Å². The van der Waals surface area contributed by atoms with Crippen molar-refractivity contribution < 1.29 is 88.9 Å². The summed E-state index contributed by atoms with van der Waals surface area (Å²) in [6.45, 7) is -1.57. The van der Waals surface area contributed by atoms with Gasteiger partial charge in [0.1, 0.15) is 5.75 Å². The van der Waals surface area contributed by atoms with E-state index in [9.17, 15) is 79.4 Å². The molecule has 0 bridgehead atoms. The Balaban J connectivity index is 2.08. The summed E-state index contributed by atoms with van der Waals surface area (Å²) in [5.74, 6) is -58.2. The van der Waals surface area contributed by atoms with Gasteiger partial charge in [-0.25, -0.2) is 4.79 Å². The number of carbonyl (C=O) groups excluding carboxylic acids is 1. The zero-order valence-electron chi connectivity index (χ0n) is 25.0. The molecular weight excluding hydrogens is 815 g/mol. The lowest BCUT2D eigenvalue weighted by atomic mass is 9.88. The van der Waals surface area contributed by atoms with Crippen molar-refractivity contribution in [2.45, 2.75) is 73.3 Å². The third kappa shape index (κ3) is 8.81. The molecule has 2 aromatic carbocycles. The van der Waals surface area contributed by atoms with E-state index in [2.05, 4.69) is 30.9 Å². The number of unbranched alkanes of at least 4 members (excludes halogenated alkanes) is 2. The summed E-state index contributed by atoms with van der Waals surface area (Å²) in [6, 6.07) is 10.3. The fourth-order valence-corrected chi connectivity index (χ4v) is 4.06. The fourth-order valence-electron chi connectivity index (χ4n) is 3.66. The molecule has 0 aliphatic rings. The predicted octanol–water partition coefficient (Wildman–Crippen LogP) is 11.6. The topological polar surface area (TPSA) is 60.2 Å². The Morgan fingerprint density at radius 2 is 0.980 bits per heavy atom. The molecule has 0 heterocycles. The molecule has 51 heavy (non-hydrogen) atoms. The molecule has 0 atom stereocenters. The minimum absolute atomic E-state index is 0.0726. The second-order valence-corrected chi connectivity index (χ2v) is 11.2. The third-order valence-corrected chi connectivity index (χ3v) is 7.26. The van der Waals surface area contributed by atoms with Gasteiger partial charge in [-0.2, -0.15) is 84.9 Å². The lowest BCUT2D eigenvalue weighted by Gasteiger charge is -2.42. The highest BCUT2D eigenvalue weighted by molar-refractivity contribution is 9.09. The number of esters is 1. The first kappa shape index (κ1) is 43.8. The second-order valence-electron chi connectivity index (χ2n) is 10.4. The van der Waals surface area contributed by atoms with Gasteiger partial charge in [0, 0.05) is 5.33 Å². The Bertz CT molecular complexity index is 1480. The van der Waals surface area contributed by atoms with Crippen LogP contribution in [0.4, 0.5) is 86.0 Å². The Labute approximate surface area is 284 Å². The highest BCUT2D eigenvalue weighted by atomic mass is 79.9. The van der Waals surface area contributed by atoms with Crippen LogP contribution in [-0.2, 0) is 4.74 Å². The van der Waals surface area contributed by atoms with Gasteiger partial charge >= 0.3 is 53.6 Å². The van der Waals surface area contributed by atoms with Crippen LogP contribution >= 0.6 is 15.9 Å². The summed E-state index contributed by atoms with van der Waals surface area (Å²) in [6.07, 6.45) is -7.94. The van der Waals surface area contributed by atoms with Gasteiger partial charge in [-0.3, -0.25) is 0 Å². The van der Waals surface area contributed by atoms with Gasteiger partial charge in [0.25, 0.3) is 0 Å². The van der Waals surface area contributed by atoms with Gasteiger partial charge in [0.05, 0.1) is 36.6 Å². The summed E-state index contributed by atoms with van der Waals surface area (Å²) in [5, 5.41) is 8.62. The van der Waals surface area contributed by atoms with E-state index < -0.39 is 72.2 Å². The Kier molecular flexibility index (Phi) is 13.5. The first-order valence-electron chi connectivity index (χ1n) is 13.8. The van der Waals surface area contributed by atoms with Crippen molar-refractivity contribution in [1.82, 2.24) is 0 Å². The Morgan fingerprint density at radius 1 is 0.549 bits per heavy atom. The Morgan fingerprint density at radius 3 is 1.43 bits per heavy atom. The molecule has 0 saturated carbocycles. The molecule has 0 fully saturated rings. The van der Waals surface area contributed by atoms with Crippen molar-refractivity contribution in [3.63, 3.8) is 0 Å². The van der Waals surface area contributed by atoms with Gasteiger partial charge in [-0.15, -0.1) is 0 Å². The molecule has 0 amide bonds. The minimum Gasteiger partial charge on any atom is -0.494 e. The number of alkyl halides is 18. The number of benzene rings is 2. The van der Waals surface area contributed by atoms with Crippen LogP contribution in [0, 0.1) is 0 Å². The normalized spacial score (nSPS) is 14.2. The third-order valence-electron chi connectivity index (χ3n) is 6.70. The van der Waals surface area contributed by atoms with E-state index in [0.717, 1.165) is 48.9 Å². The maximum Gasteiger partial charge on any atom is 0.460 e. The summed E-state index contributed by atoms with van der Waals surface area (Å²) in [5.41, 5.74) is -0.114. The van der Waals surface area contributed by atoms with Gasteiger partial charge in [-0.05, 0) is 67.8 Å². The van der Waals surface area contributed by atoms with E-state index in [0.29, 0.717) is 18.0 Å². The Hall–Kier alpha value is -3.40. The number of hydrogen-bond donors (Lipinski definition) is 0. The van der Waals surface area contributed by atoms with Crippen LogP contribution < -0.4 is 4.74 Å². The van der Waals surface area contributed by atoms with Crippen LogP contribution in [0.15, 0.2) is 58.8 Å². The molecule has 23 heteroatoms. The highest BCUT2D eigenvalue weighted by Gasteiger charge is 2.95. The predicted molar refractivity (Wildman–Crippen MR) is 146 cm³/mol. The first-order chi connectivity index (χ1) is 23.1. The molecule has 2 rings (SSSR count). The van der Waals surface area contributed by atoms with Crippen LogP contribution in [0.1, 0.15) is 36.0 Å². The zero-order chi connectivity index (χ0) is 39.3. The van der Waals surface area contributed by atoms with Crippen LogP contribution in [0.5, 0.6) is 5.75 Å². The average molecular weight is 837 g/mol.